The number of aryl methyl sites for hydroxylation is 1. The molecule has 1 heterocycles. The van der Waals surface area contributed by atoms with Crippen LogP contribution in [0.1, 0.15) is 22.4 Å². The third-order valence-corrected chi connectivity index (χ3v) is 4.84. The Balaban J connectivity index is 1.71. The molecule has 0 saturated carbocycles. The van der Waals surface area contributed by atoms with Gasteiger partial charge in [-0.15, -0.1) is 0 Å². The fraction of sp³-hybridized carbons (Fsp3) is 0.240. The van der Waals surface area contributed by atoms with Crippen molar-refractivity contribution in [3.05, 3.63) is 101 Å². The van der Waals surface area contributed by atoms with Gasteiger partial charge in [-0.25, -0.2) is 0 Å². The zero-order valence-corrected chi connectivity index (χ0v) is 17.1. The zero-order chi connectivity index (χ0) is 20.5. The Morgan fingerprint density at radius 1 is 1.03 bits per heavy atom. The van der Waals surface area contributed by atoms with Crippen LogP contribution in [0.3, 0.4) is 0 Å². The standard InChI is InChI=1S/C25H28N2O2/c1-21-10-12-23(13-11-21)19-26-16-6-9-24(26)20-27(17-18-29-2)25(28)15-14-22-7-4-3-5-8-22/h3-16H,17-20H2,1-2H3. The highest BCUT2D eigenvalue weighted by molar-refractivity contribution is 5.91. The summed E-state index contributed by atoms with van der Waals surface area (Å²) in [5.41, 5.74) is 4.60. The van der Waals surface area contributed by atoms with E-state index in [0.29, 0.717) is 19.7 Å². The summed E-state index contributed by atoms with van der Waals surface area (Å²) in [6, 6.07) is 22.5. The van der Waals surface area contributed by atoms with Crippen LogP contribution in [0, 0.1) is 6.92 Å². The molecule has 0 spiro atoms. The van der Waals surface area contributed by atoms with E-state index in [2.05, 4.69) is 48.0 Å². The average Bonchev–Trinajstić information content (AvgIpc) is 3.18. The van der Waals surface area contributed by atoms with Crippen LogP contribution < -0.4 is 0 Å². The molecular weight excluding hydrogens is 360 g/mol. The fourth-order valence-corrected chi connectivity index (χ4v) is 3.14. The van der Waals surface area contributed by atoms with E-state index < -0.39 is 0 Å². The predicted octanol–water partition coefficient (Wildman–Crippen LogP) is 4.53. The normalized spacial score (nSPS) is 11.1. The number of methoxy groups -OCH3 is 1. The van der Waals surface area contributed by atoms with E-state index in [9.17, 15) is 4.79 Å². The van der Waals surface area contributed by atoms with Crippen LogP contribution in [-0.4, -0.2) is 35.6 Å². The topological polar surface area (TPSA) is 34.5 Å². The Morgan fingerprint density at radius 3 is 2.52 bits per heavy atom. The maximum Gasteiger partial charge on any atom is 0.247 e. The van der Waals surface area contributed by atoms with E-state index in [4.69, 9.17) is 4.74 Å². The van der Waals surface area contributed by atoms with Crippen LogP contribution in [-0.2, 0) is 22.6 Å². The fourth-order valence-electron chi connectivity index (χ4n) is 3.14. The number of hydrogen-bond acceptors (Lipinski definition) is 2. The number of nitrogens with zero attached hydrogens (tertiary/aromatic N) is 2. The van der Waals surface area contributed by atoms with Crippen LogP contribution in [0.2, 0.25) is 0 Å². The van der Waals surface area contributed by atoms with Gasteiger partial charge < -0.3 is 14.2 Å². The molecule has 4 heteroatoms. The first-order chi connectivity index (χ1) is 14.2. The van der Waals surface area contributed by atoms with Gasteiger partial charge in [0.15, 0.2) is 0 Å². The Morgan fingerprint density at radius 2 is 1.79 bits per heavy atom. The molecule has 0 atom stereocenters. The summed E-state index contributed by atoms with van der Waals surface area (Å²) in [4.78, 5) is 14.7. The zero-order valence-electron chi connectivity index (χ0n) is 17.1. The van der Waals surface area contributed by atoms with Gasteiger partial charge in [-0.2, -0.15) is 0 Å². The van der Waals surface area contributed by atoms with Crippen molar-refractivity contribution < 1.29 is 9.53 Å². The Hall–Kier alpha value is -3.11. The number of aromatic nitrogens is 1. The molecule has 0 aliphatic carbocycles. The Kier molecular flexibility index (Phi) is 7.42. The highest BCUT2D eigenvalue weighted by Crippen LogP contribution is 2.12. The van der Waals surface area contributed by atoms with Crippen LogP contribution in [0.15, 0.2) is 79.0 Å². The van der Waals surface area contributed by atoms with Crippen molar-refractivity contribution in [2.24, 2.45) is 0 Å². The van der Waals surface area contributed by atoms with Crippen molar-refractivity contribution in [2.45, 2.75) is 20.0 Å². The maximum atomic E-state index is 12.8. The number of carbonyl (C=O) groups excluding carboxylic acids is 1. The number of ether oxygens (including phenoxy) is 1. The van der Waals surface area contributed by atoms with Crippen molar-refractivity contribution in [3.8, 4) is 0 Å². The summed E-state index contributed by atoms with van der Waals surface area (Å²) in [5.74, 6) is -0.0195. The Labute approximate surface area is 173 Å². The van der Waals surface area contributed by atoms with Crippen LogP contribution >= 0.6 is 0 Å². The second-order valence-electron chi connectivity index (χ2n) is 7.11. The summed E-state index contributed by atoms with van der Waals surface area (Å²) in [6.45, 7) is 4.47. The smallest absolute Gasteiger partial charge is 0.247 e. The monoisotopic (exact) mass is 388 g/mol. The molecule has 0 aliphatic rings. The first-order valence-electron chi connectivity index (χ1n) is 9.86. The number of rotatable bonds is 9. The minimum atomic E-state index is -0.0195. The third-order valence-electron chi connectivity index (χ3n) is 4.84. The second kappa shape index (κ2) is 10.4. The molecule has 2 aromatic carbocycles. The van der Waals surface area contributed by atoms with E-state index in [-0.39, 0.29) is 5.91 Å². The van der Waals surface area contributed by atoms with Crippen LogP contribution in [0.25, 0.3) is 6.08 Å². The van der Waals surface area contributed by atoms with Gasteiger partial charge >= 0.3 is 0 Å². The van der Waals surface area contributed by atoms with Crippen molar-refractivity contribution in [1.82, 2.24) is 9.47 Å². The lowest BCUT2D eigenvalue weighted by Gasteiger charge is -2.22. The maximum absolute atomic E-state index is 12.8. The SMILES string of the molecule is COCCN(Cc1cccn1Cc1ccc(C)cc1)C(=O)C=Cc1ccccc1. The van der Waals surface area contributed by atoms with Gasteiger partial charge in [-0.05, 0) is 36.3 Å². The second-order valence-corrected chi connectivity index (χ2v) is 7.11. The molecule has 0 radical (unpaired) electrons. The number of amides is 1. The lowest BCUT2D eigenvalue weighted by molar-refractivity contribution is -0.127. The molecule has 0 bridgehead atoms. The third kappa shape index (κ3) is 6.19. The first-order valence-corrected chi connectivity index (χ1v) is 9.86. The molecule has 29 heavy (non-hydrogen) atoms. The minimum Gasteiger partial charge on any atom is -0.383 e. The molecule has 0 aliphatic heterocycles. The van der Waals surface area contributed by atoms with E-state index >= 15 is 0 Å². The highest BCUT2D eigenvalue weighted by Gasteiger charge is 2.13. The van der Waals surface area contributed by atoms with Gasteiger partial charge in [0.25, 0.3) is 0 Å². The van der Waals surface area contributed by atoms with Crippen LogP contribution in [0.5, 0.6) is 0 Å². The molecule has 4 nitrogen and oxygen atoms in total. The number of carbonyl (C=O) groups is 1. The van der Waals surface area contributed by atoms with E-state index in [1.54, 1.807) is 13.2 Å². The quantitative estimate of drug-likeness (QED) is 0.505. The van der Waals surface area contributed by atoms with Gasteiger partial charge in [0.05, 0.1) is 13.2 Å². The van der Waals surface area contributed by atoms with Gasteiger partial charge in [0.2, 0.25) is 5.91 Å². The van der Waals surface area contributed by atoms with E-state index in [0.717, 1.165) is 17.8 Å². The van der Waals surface area contributed by atoms with Gasteiger partial charge in [-0.1, -0.05) is 60.2 Å². The molecule has 1 aromatic heterocycles. The first kappa shape index (κ1) is 20.6. The number of hydrogen-bond donors (Lipinski definition) is 0. The van der Waals surface area contributed by atoms with Crippen molar-refractivity contribution in [3.63, 3.8) is 0 Å². The summed E-state index contributed by atoms with van der Waals surface area (Å²) in [5, 5.41) is 0. The summed E-state index contributed by atoms with van der Waals surface area (Å²) < 4.78 is 7.41. The molecular formula is C25H28N2O2. The minimum absolute atomic E-state index is 0.0195. The summed E-state index contributed by atoms with van der Waals surface area (Å²) in [7, 11) is 1.66. The molecule has 0 N–H and O–H groups in total. The predicted molar refractivity (Wildman–Crippen MR) is 117 cm³/mol. The van der Waals surface area contributed by atoms with Crippen LogP contribution in [0.4, 0.5) is 0 Å². The van der Waals surface area contributed by atoms with Gasteiger partial charge in [0, 0.05) is 38.2 Å². The molecule has 0 unspecified atom stereocenters. The van der Waals surface area contributed by atoms with Gasteiger partial charge in [0.1, 0.15) is 0 Å². The lowest BCUT2D eigenvalue weighted by atomic mass is 10.1. The molecule has 3 rings (SSSR count). The largest absolute Gasteiger partial charge is 0.383 e. The molecule has 1 amide bonds. The molecule has 150 valence electrons. The molecule has 0 fully saturated rings. The number of benzene rings is 2. The van der Waals surface area contributed by atoms with Crippen molar-refractivity contribution >= 4 is 12.0 Å². The highest BCUT2D eigenvalue weighted by atomic mass is 16.5. The van der Waals surface area contributed by atoms with Gasteiger partial charge in [-0.3, -0.25) is 4.79 Å². The Bertz CT molecular complexity index is 927. The van der Waals surface area contributed by atoms with Crippen molar-refractivity contribution in [1.29, 1.82) is 0 Å². The molecule has 0 saturated heterocycles. The van der Waals surface area contributed by atoms with E-state index in [1.807, 2.05) is 47.4 Å². The van der Waals surface area contributed by atoms with E-state index in [1.165, 1.54) is 11.1 Å². The summed E-state index contributed by atoms with van der Waals surface area (Å²) >= 11 is 0. The summed E-state index contributed by atoms with van der Waals surface area (Å²) in [6.07, 6.45) is 5.56. The molecule has 3 aromatic rings. The average molecular weight is 389 g/mol. The lowest BCUT2D eigenvalue weighted by Crippen LogP contribution is -2.33. The van der Waals surface area contributed by atoms with Crippen molar-refractivity contribution in [2.75, 3.05) is 20.3 Å².